The van der Waals surface area contributed by atoms with Gasteiger partial charge in [0.15, 0.2) is 0 Å². The SMILES string of the molecule is CCCC1(C(=O)C2CCOCC2)CCNCC1. The van der Waals surface area contributed by atoms with Gasteiger partial charge in [0.05, 0.1) is 0 Å². The van der Waals surface area contributed by atoms with Gasteiger partial charge in [-0.3, -0.25) is 4.79 Å². The summed E-state index contributed by atoms with van der Waals surface area (Å²) >= 11 is 0. The number of hydrogen-bond acceptors (Lipinski definition) is 3. The lowest BCUT2D eigenvalue weighted by Crippen LogP contribution is -2.45. The summed E-state index contributed by atoms with van der Waals surface area (Å²) in [4.78, 5) is 12.8. The van der Waals surface area contributed by atoms with Crippen LogP contribution in [0.3, 0.4) is 0 Å². The number of nitrogens with one attached hydrogen (secondary N) is 1. The fourth-order valence-electron chi connectivity index (χ4n) is 3.40. The van der Waals surface area contributed by atoms with Crippen molar-refractivity contribution in [2.45, 2.75) is 45.4 Å². The van der Waals surface area contributed by atoms with E-state index >= 15 is 0 Å². The number of carbonyl (C=O) groups excluding carboxylic acids is 1. The lowest BCUT2D eigenvalue weighted by atomic mass is 9.67. The second kappa shape index (κ2) is 5.96. The Kier molecular flexibility index (Phi) is 4.57. The summed E-state index contributed by atoms with van der Waals surface area (Å²) in [6.07, 6.45) is 6.16. The molecule has 3 heteroatoms. The maximum atomic E-state index is 12.8. The zero-order chi connectivity index (χ0) is 12.1. The second-order valence-corrected chi connectivity index (χ2v) is 5.53. The van der Waals surface area contributed by atoms with Crippen LogP contribution in [0.2, 0.25) is 0 Å². The molecule has 0 aromatic heterocycles. The Balaban J connectivity index is 2.05. The van der Waals surface area contributed by atoms with Crippen molar-refractivity contribution in [3.63, 3.8) is 0 Å². The van der Waals surface area contributed by atoms with Crippen LogP contribution < -0.4 is 5.32 Å². The third-order valence-electron chi connectivity index (χ3n) is 4.40. The van der Waals surface area contributed by atoms with Crippen molar-refractivity contribution in [2.75, 3.05) is 26.3 Å². The van der Waals surface area contributed by atoms with Gasteiger partial charge in [0.25, 0.3) is 0 Å². The molecule has 0 amide bonds. The maximum Gasteiger partial charge on any atom is 0.142 e. The highest BCUT2D eigenvalue weighted by Crippen LogP contribution is 2.39. The summed E-state index contributed by atoms with van der Waals surface area (Å²) in [6.45, 7) is 5.76. The quantitative estimate of drug-likeness (QED) is 0.817. The first kappa shape index (κ1) is 13.0. The van der Waals surface area contributed by atoms with Crippen molar-refractivity contribution in [3.05, 3.63) is 0 Å². The molecular formula is C14H25NO2. The predicted octanol–water partition coefficient (Wildman–Crippen LogP) is 2.15. The molecule has 0 atom stereocenters. The molecule has 1 N–H and O–H groups in total. The van der Waals surface area contributed by atoms with E-state index in [1.165, 1.54) is 0 Å². The van der Waals surface area contributed by atoms with E-state index in [4.69, 9.17) is 4.74 Å². The Bertz CT molecular complexity index is 247. The van der Waals surface area contributed by atoms with Crippen LogP contribution in [0, 0.1) is 11.3 Å². The molecule has 2 fully saturated rings. The van der Waals surface area contributed by atoms with Crippen molar-refractivity contribution in [1.29, 1.82) is 0 Å². The van der Waals surface area contributed by atoms with Gasteiger partial charge in [-0.15, -0.1) is 0 Å². The van der Waals surface area contributed by atoms with E-state index in [1.54, 1.807) is 0 Å². The minimum Gasteiger partial charge on any atom is -0.381 e. The monoisotopic (exact) mass is 239 g/mol. The van der Waals surface area contributed by atoms with E-state index in [9.17, 15) is 4.79 Å². The molecule has 3 nitrogen and oxygen atoms in total. The zero-order valence-corrected chi connectivity index (χ0v) is 11.0. The second-order valence-electron chi connectivity index (χ2n) is 5.53. The Labute approximate surface area is 104 Å². The number of piperidine rings is 1. The molecule has 0 spiro atoms. The molecule has 17 heavy (non-hydrogen) atoms. The van der Waals surface area contributed by atoms with Crippen molar-refractivity contribution in [3.8, 4) is 0 Å². The number of ketones is 1. The van der Waals surface area contributed by atoms with E-state index in [2.05, 4.69) is 12.2 Å². The molecule has 0 aromatic carbocycles. The van der Waals surface area contributed by atoms with Crippen molar-refractivity contribution >= 4 is 5.78 Å². The lowest BCUT2D eigenvalue weighted by Gasteiger charge is -2.39. The smallest absolute Gasteiger partial charge is 0.142 e. The van der Waals surface area contributed by atoms with Gasteiger partial charge < -0.3 is 10.1 Å². The fourth-order valence-corrected chi connectivity index (χ4v) is 3.40. The summed E-state index contributed by atoms with van der Waals surface area (Å²) < 4.78 is 5.37. The van der Waals surface area contributed by atoms with Gasteiger partial charge in [-0.2, -0.15) is 0 Å². The van der Waals surface area contributed by atoms with Crippen LogP contribution in [0.5, 0.6) is 0 Å². The van der Waals surface area contributed by atoms with E-state index in [0.717, 1.165) is 64.8 Å². The van der Waals surface area contributed by atoms with Crippen LogP contribution in [0.15, 0.2) is 0 Å². The van der Waals surface area contributed by atoms with Crippen molar-refractivity contribution in [2.24, 2.45) is 11.3 Å². The van der Waals surface area contributed by atoms with Gasteiger partial charge >= 0.3 is 0 Å². The molecule has 2 aliphatic rings. The van der Waals surface area contributed by atoms with Gasteiger partial charge in [0.2, 0.25) is 0 Å². The number of Topliss-reactive ketones (excluding diaryl/α,β-unsaturated/α-hetero) is 1. The van der Waals surface area contributed by atoms with Gasteiger partial charge in [-0.25, -0.2) is 0 Å². The standard InChI is InChI=1S/C14H25NO2/c1-2-5-14(6-8-15-9-7-14)13(16)12-3-10-17-11-4-12/h12,15H,2-11H2,1H3. The zero-order valence-electron chi connectivity index (χ0n) is 11.0. The molecule has 0 aromatic rings. The van der Waals surface area contributed by atoms with Gasteiger partial charge in [-0.1, -0.05) is 13.3 Å². The molecule has 0 aliphatic carbocycles. The highest BCUT2D eigenvalue weighted by Gasteiger charge is 2.41. The Morgan fingerprint density at radius 2 is 1.94 bits per heavy atom. The maximum absolute atomic E-state index is 12.8. The van der Waals surface area contributed by atoms with Crippen molar-refractivity contribution in [1.82, 2.24) is 5.32 Å². The number of carbonyl (C=O) groups is 1. The van der Waals surface area contributed by atoms with Crippen molar-refractivity contribution < 1.29 is 9.53 Å². The average molecular weight is 239 g/mol. The number of ether oxygens (including phenoxy) is 1. The minimum absolute atomic E-state index is 0.0119. The Morgan fingerprint density at radius 3 is 2.53 bits per heavy atom. The summed E-state index contributed by atoms with van der Waals surface area (Å²) in [6, 6.07) is 0. The minimum atomic E-state index is -0.0119. The number of rotatable bonds is 4. The normalized spacial score (nSPS) is 25.7. The summed E-state index contributed by atoms with van der Waals surface area (Å²) in [5.74, 6) is 0.817. The first-order valence-corrected chi connectivity index (χ1v) is 7.11. The summed E-state index contributed by atoms with van der Waals surface area (Å²) in [5, 5.41) is 3.38. The Morgan fingerprint density at radius 1 is 1.29 bits per heavy atom. The van der Waals surface area contributed by atoms with Gasteiger partial charge in [0, 0.05) is 24.5 Å². The average Bonchev–Trinajstić information content (AvgIpc) is 2.40. The van der Waals surface area contributed by atoms with Crippen LogP contribution in [-0.2, 0) is 9.53 Å². The first-order chi connectivity index (χ1) is 8.28. The van der Waals surface area contributed by atoms with E-state index in [1.807, 2.05) is 0 Å². The van der Waals surface area contributed by atoms with Crippen LogP contribution in [-0.4, -0.2) is 32.1 Å². The first-order valence-electron chi connectivity index (χ1n) is 7.11. The van der Waals surface area contributed by atoms with Crippen LogP contribution >= 0.6 is 0 Å². The fraction of sp³-hybridized carbons (Fsp3) is 0.929. The largest absolute Gasteiger partial charge is 0.381 e. The molecular weight excluding hydrogens is 214 g/mol. The van der Waals surface area contributed by atoms with Gasteiger partial charge in [0.1, 0.15) is 5.78 Å². The Hall–Kier alpha value is -0.410. The van der Waals surface area contributed by atoms with E-state index in [0.29, 0.717) is 5.78 Å². The summed E-state index contributed by atoms with van der Waals surface area (Å²) in [7, 11) is 0. The molecule has 0 saturated carbocycles. The molecule has 2 heterocycles. The molecule has 2 rings (SSSR count). The topological polar surface area (TPSA) is 38.3 Å². The van der Waals surface area contributed by atoms with Crippen LogP contribution in [0.4, 0.5) is 0 Å². The predicted molar refractivity (Wildman–Crippen MR) is 68.0 cm³/mol. The van der Waals surface area contributed by atoms with Crippen LogP contribution in [0.1, 0.15) is 45.4 Å². The highest BCUT2D eigenvalue weighted by molar-refractivity contribution is 5.87. The highest BCUT2D eigenvalue weighted by atomic mass is 16.5. The molecule has 2 saturated heterocycles. The molecule has 2 aliphatic heterocycles. The molecule has 0 unspecified atom stereocenters. The number of hydrogen-bond donors (Lipinski definition) is 1. The molecule has 98 valence electrons. The van der Waals surface area contributed by atoms with Gasteiger partial charge in [-0.05, 0) is 45.2 Å². The lowest BCUT2D eigenvalue weighted by molar-refractivity contribution is -0.138. The summed E-state index contributed by atoms with van der Waals surface area (Å²) in [5.41, 5.74) is -0.0119. The third-order valence-corrected chi connectivity index (χ3v) is 4.40. The van der Waals surface area contributed by atoms with Crippen LogP contribution in [0.25, 0.3) is 0 Å². The molecule has 0 bridgehead atoms. The van der Waals surface area contributed by atoms with E-state index in [-0.39, 0.29) is 11.3 Å². The third kappa shape index (κ3) is 2.89. The molecule has 0 radical (unpaired) electrons. The van der Waals surface area contributed by atoms with E-state index < -0.39 is 0 Å².